The molecule has 0 aliphatic heterocycles. The van der Waals surface area contributed by atoms with E-state index in [4.69, 9.17) is 15.0 Å². The average molecular weight is 326 g/mol. The first-order chi connectivity index (χ1) is 9.15. The van der Waals surface area contributed by atoms with Crippen LogP contribution in [0.4, 0.5) is 5.69 Å². The second kappa shape index (κ2) is 6.16. The van der Waals surface area contributed by atoms with Gasteiger partial charge in [0.05, 0.1) is 5.56 Å². The zero-order valence-electron chi connectivity index (χ0n) is 10.9. The van der Waals surface area contributed by atoms with Crippen molar-refractivity contribution in [1.82, 2.24) is 10.1 Å². The predicted octanol–water partition coefficient (Wildman–Crippen LogP) is 3.57. The molecule has 1 unspecified atom stereocenters. The third-order valence-electron chi connectivity index (χ3n) is 2.81. The SMILES string of the molecule is CCCC(OC)c1noc(-c2ccc(Br)cc2N)n1. The summed E-state index contributed by atoms with van der Waals surface area (Å²) in [6.07, 6.45) is 1.70. The number of hydrogen-bond donors (Lipinski definition) is 1. The molecule has 19 heavy (non-hydrogen) atoms. The number of methoxy groups -OCH3 is 1. The predicted molar refractivity (Wildman–Crippen MR) is 76.5 cm³/mol. The molecular weight excluding hydrogens is 310 g/mol. The molecule has 0 fully saturated rings. The van der Waals surface area contributed by atoms with Crippen molar-refractivity contribution >= 4 is 21.6 Å². The molecule has 1 aromatic heterocycles. The van der Waals surface area contributed by atoms with Crippen LogP contribution in [0, 0.1) is 0 Å². The van der Waals surface area contributed by atoms with Crippen LogP contribution in [-0.2, 0) is 4.74 Å². The summed E-state index contributed by atoms with van der Waals surface area (Å²) in [7, 11) is 1.64. The topological polar surface area (TPSA) is 74.2 Å². The quantitative estimate of drug-likeness (QED) is 0.850. The standard InChI is InChI=1S/C13H16BrN3O2/c1-3-4-11(18-2)12-16-13(19-17-12)9-6-5-8(14)7-10(9)15/h5-7,11H,3-4,15H2,1-2H3. The second-order valence-corrected chi connectivity index (χ2v) is 5.12. The van der Waals surface area contributed by atoms with Gasteiger partial charge in [0.1, 0.15) is 6.10 Å². The average Bonchev–Trinajstić information content (AvgIpc) is 2.85. The highest BCUT2D eigenvalue weighted by Crippen LogP contribution is 2.29. The molecule has 0 saturated heterocycles. The maximum absolute atomic E-state index is 5.94. The summed E-state index contributed by atoms with van der Waals surface area (Å²) in [6, 6.07) is 5.53. The molecule has 2 aromatic rings. The van der Waals surface area contributed by atoms with E-state index in [1.54, 1.807) is 13.2 Å². The monoisotopic (exact) mass is 325 g/mol. The van der Waals surface area contributed by atoms with Crippen molar-refractivity contribution in [3.05, 3.63) is 28.5 Å². The van der Waals surface area contributed by atoms with Crippen molar-refractivity contribution in [3.8, 4) is 11.5 Å². The largest absolute Gasteiger partial charge is 0.398 e. The lowest BCUT2D eigenvalue weighted by molar-refractivity contribution is 0.0854. The molecule has 0 radical (unpaired) electrons. The lowest BCUT2D eigenvalue weighted by Crippen LogP contribution is -2.03. The highest BCUT2D eigenvalue weighted by atomic mass is 79.9. The lowest BCUT2D eigenvalue weighted by Gasteiger charge is -2.08. The highest BCUT2D eigenvalue weighted by molar-refractivity contribution is 9.10. The fourth-order valence-electron chi connectivity index (χ4n) is 1.82. The van der Waals surface area contributed by atoms with Gasteiger partial charge in [0.25, 0.3) is 5.89 Å². The van der Waals surface area contributed by atoms with Crippen molar-refractivity contribution in [2.45, 2.75) is 25.9 Å². The third-order valence-corrected chi connectivity index (χ3v) is 3.30. The Kier molecular flexibility index (Phi) is 4.55. The number of halogens is 1. The van der Waals surface area contributed by atoms with E-state index in [-0.39, 0.29) is 6.10 Å². The maximum Gasteiger partial charge on any atom is 0.260 e. The van der Waals surface area contributed by atoms with Crippen LogP contribution in [0.25, 0.3) is 11.5 Å². The zero-order valence-corrected chi connectivity index (χ0v) is 12.5. The van der Waals surface area contributed by atoms with Crippen molar-refractivity contribution in [2.24, 2.45) is 0 Å². The van der Waals surface area contributed by atoms with Crippen LogP contribution in [-0.4, -0.2) is 17.3 Å². The molecule has 102 valence electrons. The summed E-state index contributed by atoms with van der Waals surface area (Å²) in [6.45, 7) is 2.08. The molecule has 0 spiro atoms. The molecule has 0 aliphatic rings. The van der Waals surface area contributed by atoms with Crippen LogP contribution in [0.3, 0.4) is 0 Å². The van der Waals surface area contributed by atoms with Gasteiger partial charge in [-0.3, -0.25) is 0 Å². The Morgan fingerprint density at radius 3 is 2.89 bits per heavy atom. The number of rotatable bonds is 5. The van der Waals surface area contributed by atoms with Gasteiger partial charge in [-0.2, -0.15) is 4.98 Å². The van der Waals surface area contributed by atoms with E-state index in [1.165, 1.54) is 0 Å². The summed E-state index contributed by atoms with van der Waals surface area (Å²) in [4.78, 5) is 4.36. The summed E-state index contributed by atoms with van der Waals surface area (Å²) in [5.41, 5.74) is 7.26. The molecular formula is C13H16BrN3O2. The molecule has 1 atom stereocenters. The number of benzene rings is 1. The zero-order chi connectivity index (χ0) is 13.8. The molecule has 5 nitrogen and oxygen atoms in total. The van der Waals surface area contributed by atoms with Crippen LogP contribution in [0.15, 0.2) is 27.2 Å². The van der Waals surface area contributed by atoms with Gasteiger partial charge in [0, 0.05) is 17.3 Å². The van der Waals surface area contributed by atoms with E-state index in [1.807, 2.05) is 12.1 Å². The van der Waals surface area contributed by atoms with E-state index in [0.717, 1.165) is 22.9 Å². The van der Waals surface area contributed by atoms with Gasteiger partial charge in [-0.25, -0.2) is 0 Å². The van der Waals surface area contributed by atoms with Gasteiger partial charge < -0.3 is 15.0 Å². The van der Waals surface area contributed by atoms with E-state index < -0.39 is 0 Å². The number of aromatic nitrogens is 2. The Morgan fingerprint density at radius 1 is 1.47 bits per heavy atom. The van der Waals surface area contributed by atoms with E-state index in [2.05, 4.69) is 33.0 Å². The summed E-state index contributed by atoms with van der Waals surface area (Å²) < 4.78 is 11.5. The minimum Gasteiger partial charge on any atom is -0.398 e. The Hall–Kier alpha value is -1.40. The van der Waals surface area contributed by atoms with Crippen molar-refractivity contribution in [2.75, 3.05) is 12.8 Å². The van der Waals surface area contributed by atoms with Gasteiger partial charge in [-0.1, -0.05) is 34.4 Å². The van der Waals surface area contributed by atoms with Crippen LogP contribution in [0.2, 0.25) is 0 Å². The molecule has 0 amide bonds. The van der Waals surface area contributed by atoms with Crippen molar-refractivity contribution < 1.29 is 9.26 Å². The summed E-state index contributed by atoms with van der Waals surface area (Å²) in [5, 5.41) is 3.97. The molecule has 2 N–H and O–H groups in total. The number of anilines is 1. The first-order valence-corrected chi connectivity index (χ1v) is 6.86. The van der Waals surface area contributed by atoms with Gasteiger partial charge in [0.15, 0.2) is 0 Å². The molecule has 0 bridgehead atoms. The number of nitrogens with zero attached hydrogens (tertiary/aromatic N) is 2. The van der Waals surface area contributed by atoms with E-state index in [0.29, 0.717) is 17.4 Å². The smallest absolute Gasteiger partial charge is 0.260 e. The van der Waals surface area contributed by atoms with Gasteiger partial charge in [-0.15, -0.1) is 0 Å². The van der Waals surface area contributed by atoms with E-state index in [9.17, 15) is 0 Å². The van der Waals surface area contributed by atoms with Crippen LogP contribution in [0.5, 0.6) is 0 Å². The first-order valence-electron chi connectivity index (χ1n) is 6.07. The first kappa shape index (κ1) is 14.0. The Bertz CT molecular complexity index is 557. The minimum atomic E-state index is -0.140. The van der Waals surface area contributed by atoms with Crippen LogP contribution < -0.4 is 5.73 Å². The maximum atomic E-state index is 5.94. The molecule has 6 heteroatoms. The lowest BCUT2D eigenvalue weighted by atomic mass is 10.2. The van der Waals surface area contributed by atoms with Crippen LogP contribution in [0.1, 0.15) is 31.7 Å². The molecule has 0 aliphatic carbocycles. The second-order valence-electron chi connectivity index (χ2n) is 4.20. The molecule has 1 heterocycles. The van der Waals surface area contributed by atoms with Gasteiger partial charge in [-0.05, 0) is 24.6 Å². The molecule has 2 rings (SSSR count). The Morgan fingerprint density at radius 2 is 2.26 bits per heavy atom. The number of ether oxygens (including phenoxy) is 1. The van der Waals surface area contributed by atoms with Gasteiger partial charge in [0.2, 0.25) is 5.82 Å². The minimum absolute atomic E-state index is 0.140. The number of hydrogen-bond acceptors (Lipinski definition) is 5. The Balaban J connectivity index is 2.29. The summed E-state index contributed by atoms with van der Waals surface area (Å²) in [5.74, 6) is 0.972. The molecule has 1 aromatic carbocycles. The highest BCUT2D eigenvalue weighted by Gasteiger charge is 2.18. The third kappa shape index (κ3) is 3.13. The summed E-state index contributed by atoms with van der Waals surface area (Å²) >= 11 is 3.36. The fourth-order valence-corrected chi connectivity index (χ4v) is 2.20. The van der Waals surface area contributed by atoms with Gasteiger partial charge >= 0.3 is 0 Å². The Labute approximate surface area is 120 Å². The van der Waals surface area contributed by atoms with E-state index >= 15 is 0 Å². The van der Waals surface area contributed by atoms with Crippen molar-refractivity contribution in [3.63, 3.8) is 0 Å². The van der Waals surface area contributed by atoms with Crippen LogP contribution >= 0.6 is 15.9 Å². The molecule has 0 saturated carbocycles. The fraction of sp³-hybridized carbons (Fsp3) is 0.385. The number of nitrogen functional groups attached to an aromatic ring is 1. The number of nitrogens with two attached hydrogens (primary N) is 1. The van der Waals surface area contributed by atoms with Crippen molar-refractivity contribution in [1.29, 1.82) is 0 Å². The normalized spacial score (nSPS) is 12.6.